The van der Waals surface area contributed by atoms with Crippen LogP contribution in [-0.4, -0.2) is 68.3 Å². The molecular weight excluding hydrogens is 408 g/mol. The Labute approximate surface area is 175 Å². The number of ether oxygens (including phenoxy) is 1. The van der Waals surface area contributed by atoms with Gasteiger partial charge in [-0.1, -0.05) is 29.8 Å². The Bertz CT molecular complexity index is 1090. The third-order valence-electron chi connectivity index (χ3n) is 5.19. The van der Waals surface area contributed by atoms with Gasteiger partial charge in [0.15, 0.2) is 0 Å². The van der Waals surface area contributed by atoms with E-state index in [1.807, 2.05) is 0 Å². The van der Waals surface area contributed by atoms with E-state index in [1.54, 1.807) is 22.0 Å². The summed E-state index contributed by atoms with van der Waals surface area (Å²) < 4.78 is 31.3. The van der Waals surface area contributed by atoms with Gasteiger partial charge in [-0.3, -0.25) is 0 Å². The molecule has 0 radical (unpaired) electrons. The van der Waals surface area contributed by atoms with Crippen molar-refractivity contribution >= 4 is 37.4 Å². The van der Waals surface area contributed by atoms with E-state index in [-0.39, 0.29) is 12.4 Å². The fourth-order valence-corrected chi connectivity index (χ4v) is 5.81. The average Bonchev–Trinajstić information content (AvgIpc) is 3.17. The molecule has 3 heterocycles. The summed E-state index contributed by atoms with van der Waals surface area (Å²) in [6.07, 6.45) is 1.59. The number of nitrogens with zero attached hydrogens (tertiary/aromatic N) is 4. The first kappa shape index (κ1) is 20.2. The number of sulfonamides is 1. The third kappa shape index (κ3) is 4.13. The molecule has 0 bridgehead atoms. The Hall–Kier alpha value is -2.07. The van der Waals surface area contributed by atoms with Crippen LogP contribution in [0.15, 0.2) is 36.0 Å². The average molecular weight is 433 g/mol. The van der Waals surface area contributed by atoms with Gasteiger partial charge in [0, 0.05) is 44.2 Å². The second-order valence-electron chi connectivity index (χ2n) is 7.09. The lowest BCUT2D eigenvalue weighted by molar-refractivity contribution is 0.215. The van der Waals surface area contributed by atoms with Crippen molar-refractivity contribution in [2.75, 3.05) is 50.5 Å². The van der Waals surface area contributed by atoms with Crippen LogP contribution >= 0.6 is 11.3 Å². The molecule has 29 heavy (non-hydrogen) atoms. The maximum absolute atomic E-state index is 12.4. The molecule has 0 aliphatic carbocycles. The molecule has 0 unspecified atom stereocenters. The largest absolute Gasteiger partial charge is 0.384 e. The van der Waals surface area contributed by atoms with Gasteiger partial charge < -0.3 is 9.64 Å². The molecule has 1 fully saturated rings. The number of piperazine rings is 1. The Balaban J connectivity index is 1.61. The summed E-state index contributed by atoms with van der Waals surface area (Å²) in [7, 11) is -1.77. The van der Waals surface area contributed by atoms with Crippen molar-refractivity contribution < 1.29 is 13.2 Å². The molecular formula is C20H24N4O3S2. The first-order valence-electron chi connectivity index (χ1n) is 9.50. The predicted octanol–water partition coefficient (Wildman–Crippen LogP) is 2.76. The summed E-state index contributed by atoms with van der Waals surface area (Å²) in [4.78, 5) is 12.1. The molecule has 1 aromatic carbocycles. The lowest BCUT2D eigenvalue weighted by atomic mass is 10.0. The summed E-state index contributed by atoms with van der Waals surface area (Å²) in [5.41, 5.74) is 3.48. The number of benzene rings is 1. The summed E-state index contributed by atoms with van der Waals surface area (Å²) >= 11 is 1.61. The second-order valence-corrected chi connectivity index (χ2v) is 10.0. The van der Waals surface area contributed by atoms with Crippen LogP contribution in [0.5, 0.6) is 0 Å². The predicted molar refractivity (Wildman–Crippen MR) is 117 cm³/mol. The van der Waals surface area contributed by atoms with Gasteiger partial charge in [-0.25, -0.2) is 18.4 Å². The molecule has 7 nitrogen and oxygen atoms in total. The van der Waals surface area contributed by atoms with Gasteiger partial charge >= 0.3 is 0 Å². The van der Waals surface area contributed by atoms with E-state index in [2.05, 4.69) is 51.4 Å². The first-order chi connectivity index (χ1) is 14.0. The van der Waals surface area contributed by atoms with Gasteiger partial charge in [0.1, 0.15) is 17.0 Å². The zero-order valence-electron chi connectivity index (χ0n) is 16.5. The van der Waals surface area contributed by atoms with Crippen LogP contribution in [0.3, 0.4) is 0 Å². The lowest BCUT2D eigenvalue weighted by Crippen LogP contribution is -2.49. The van der Waals surface area contributed by atoms with Crippen molar-refractivity contribution in [3.05, 3.63) is 41.5 Å². The van der Waals surface area contributed by atoms with Crippen LogP contribution in [0.25, 0.3) is 21.3 Å². The zero-order valence-corrected chi connectivity index (χ0v) is 18.2. The Kier molecular flexibility index (Phi) is 5.82. The van der Waals surface area contributed by atoms with E-state index in [9.17, 15) is 8.42 Å². The number of aromatic nitrogens is 2. The Morgan fingerprint density at radius 3 is 2.52 bits per heavy atom. The molecule has 0 N–H and O–H groups in total. The molecule has 4 rings (SSSR count). The molecule has 2 aromatic heterocycles. The van der Waals surface area contributed by atoms with Crippen molar-refractivity contribution in [2.45, 2.75) is 6.92 Å². The van der Waals surface area contributed by atoms with Crippen molar-refractivity contribution in [2.24, 2.45) is 0 Å². The standard InChI is InChI=1S/C20H24N4O3S2/c1-15-3-5-16(6-4-15)17-13-28-20-18(17)19(21-14-22-20)23-7-9-24(10-8-23)29(25,26)12-11-27-2/h3-6,13-14H,7-12H2,1-2H3. The first-order valence-corrected chi connectivity index (χ1v) is 12.0. The van der Waals surface area contributed by atoms with Gasteiger partial charge in [-0.05, 0) is 12.5 Å². The van der Waals surface area contributed by atoms with Crippen LogP contribution in [0.1, 0.15) is 5.56 Å². The van der Waals surface area contributed by atoms with E-state index in [0.29, 0.717) is 26.2 Å². The molecule has 3 aromatic rings. The summed E-state index contributed by atoms with van der Waals surface area (Å²) in [6.45, 7) is 4.38. The zero-order chi connectivity index (χ0) is 20.4. The normalized spacial score (nSPS) is 15.9. The summed E-state index contributed by atoms with van der Waals surface area (Å²) in [5, 5.41) is 3.16. The highest BCUT2D eigenvalue weighted by atomic mass is 32.2. The molecule has 1 aliphatic rings. The highest BCUT2D eigenvalue weighted by Crippen LogP contribution is 2.38. The number of thiophene rings is 1. The maximum atomic E-state index is 12.4. The number of methoxy groups -OCH3 is 1. The van der Waals surface area contributed by atoms with Gasteiger partial charge in [0.25, 0.3) is 0 Å². The number of hydrogen-bond acceptors (Lipinski definition) is 7. The van der Waals surface area contributed by atoms with Crippen LogP contribution in [-0.2, 0) is 14.8 Å². The van der Waals surface area contributed by atoms with Gasteiger partial charge in [0.05, 0.1) is 17.7 Å². The maximum Gasteiger partial charge on any atom is 0.216 e. The van der Waals surface area contributed by atoms with Gasteiger partial charge in [-0.2, -0.15) is 4.31 Å². The van der Waals surface area contributed by atoms with Crippen molar-refractivity contribution in [1.82, 2.24) is 14.3 Å². The minimum Gasteiger partial charge on any atom is -0.384 e. The summed E-state index contributed by atoms with van der Waals surface area (Å²) in [6, 6.07) is 8.44. The van der Waals surface area contributed by atoms with E-state index in [0.717, 1.165) is 27.2 Å². The van der Waals surface area contributed by atoms with E-state index < -0.39 is 10.0 Å². The van der Waals surface area contributed by atoms with Crippen LogP contribution in [0, 0.1) is 6.92 Å². The monoisotopic (exact) mass is 432 g/mol. The molecule has 1 saturated heterocycles. The minimum absolute atomic E-state index is 0.0172. The molecule has 1 aliphatic heterocycles. The smallest absolute Gasteiger partial charge is 0.216 e. The SMILES string of the molecule is COCCS(=O)(=O)N1CCN(c2ncnc3scc(-c4ccc(C)cc4)c23)CC1. The fraction of sp³-hybridized carbons (Fsp3) is 0.400. The van der Waals surface area contributed by atoms with Crippen molar-refractivity contribution in [1.29, 1.82) is 0 Å². The number of aryl methyl sites for hydroxylation is 1. The topological polar surface area (TPSA) is 75.6 Å². The molecule has 0 spiro atoms. The van der Waals surface area contributed by atoms with Gasteiger partial charge in [0.2, 0.25) is 10.0 Å². The molecule has 0 saturated carbocycles. The molecule has 9 heteroatoms. The van der Waals surface area contributed by atoms with Crippen LogP contribution in [0.2, 0.25) is 0 Å². The molecule has 154 valence electrons. The Morgan fingerprint density at radius 2 is 1.83 bits per heavy atom. The second kappa shape index (κ2) is 8.35. The van der Waals surface area contributed by atoms with Crippen molar-refractivity contribution in [3.8, 4) is 11.1 Å². The van der Waals surface area contributed by atoms with Crippen LogP contribution in [0.4, 0.5) is 5.82 Å². The van der Waals surface area contributed by atoms with Crippen LogP contribution < -0.4 is 4.90 Å². The van der Waals surface area contributed by atoms with E-state index >= 15 is 0 Å². The van der Waals surface area contributed by atoms with E-state index in [4.69, 9.17) is 4.74 Å². The molecule has 0 amide bonds. The fourth-order valence-electron chi connectivity index (χ4n) is 3.54. The Morgan fingerprint density at radius 1 is 1.10 bits per heavy atom. The van der Waals surface area contributed by atoms with Crippen molar-refractivity contribution in [3.63, 3.8) is 0 Å². The van der Waals surface area contributed by atoms with Gasteiger partial charge in [-0.15, -0.1) is 11.3 Å². The van der Waals surface area contributed by atoms with E-state index in [1.165, 1.54) is 12.7 Å². The molecule has 0 atom stereocenters. The number of hydrogen-bond donors (Lipinski definition) is 0. The number of rotatable bonds is 6. The lowest BCUT2D eigenvalue weighted by Gasteiger charge is -2.35. The minimum atomic E-state index is -3.29. The highest BCUT2D eigenvalue weighted by molar-refractivity contribution is 7.89. The number of anilines is 1. The summed E-state index contributed by atoms with van der Waals surface area (Å²) in [5.74, 6) is 0.893. The highest BCUT2D eigenvalue weighted by Gasteiger charge is 2.28. The quantitative estimate of drug-likeness (QED) is 0.596. The number of fused-ring (bicyclic) bond motifs is 1. The third-order valence-corrected chi connectivity index (χ3v) is 7.91.